The third-order valence-corrected chi connectivity index (χ3v) is 6.63. The van der Waals surface area contributed by atoms with Crippen molar-refractivity contribution in [3.63, 3.8) is 0 Å². The van der Waals surface area contributed by atoms with Crippen molar-refractivity contribution < 1.29 is 0 Å². The molecule has 4 rings (SSSR count). The van der Waals surface area contributed by atoms with E-state index in [1.807, 2.05) is 30.3 Å². The predicted molar refractivity (Wildman–Crippen MR) is 128 cm³/mol. The highest BCUT2D eigenvalue weighted by atomic mass is 79.9. The molecule has 0 spiro atoms. The zero-order chi connectivity index (χ0) is 19.7. The molecule has 0 atom stereocenters. The van der Waals surface area contributed by atoms with Gasteiger partial charge in [0.25, 0.3) is 0 Å². The van der Waals surface area contributed by atoms with Crippen LogP contribution in [-0.2, 0) is 0 Å². The number of hydrogen-bond donors (Lipinski definition) is 0. The normalized spacial score (nSPS) is 10.9. The molecule has 0 fully saturated rings. The lowest BCUT2D eigenvalue weighted by molar-refractivity contribution is 1.43. The Morgan fingerprint density at radius 1 is 0.571 bits per heavy atom. The Hall–Kier alpha value is -1.87. The number of rotatable bonds is 3. The largest absolute Gasteiger partial charge is 0.0837 e. The van der Waals surface area contributed by atoms with E-state index in [1.165, 1.54) is 27.8 Å². The molecule has 4 aromatic rings. The first-order chi connectivity index (χ1) is 13.6. The van der Waals surface area contributed by atoms with Crippen LogP contribution in [0.2, 0.25) is 5.02 Å². The molecule has 3 heteroatoms. The van der Waals surface area contributed by atoms with Gasteiger partial charge in [0.2, 0.25) is 0 Å². The summed E-state index contributed by atoms with van der Waals surface area (Å²) in [6.07, 6.45) is 0. The summed E-state index contributed by atoms with van der Waals surface area (Å²) in [7, 11) is 0. The minimum absolute atomic E-state index is 0.752. The average Bonchev–Trinajstić information content (AvgIpc) is 2.70. The summed E-state index contributed by atoms with van der Waals surface area (Å²) < 4.78 is 2.15. The molecule has 0 aliphatic carbocycles. The van der Waals surface area contributed by atoms with Gasteiger partial charge in [-0.05, 0) is 70.6 Å². The summed E-state index contributed by atoms with van der Waals surface area (Å²) >= 11 is 14.0. The second kappa shape index (κ2) is 8.24. The summed E-state index contributed by atoms with van der Waals surface area (Å²) in [5.74, 6) is 0. The Morgan fingerprint density at radius 3 is 1.46 bits per heavy atom. The maximum Gasteiger partial charge on any atom is 0.0484 e. The molecule has 28 heavy (non-hydrogen) atoms. The topological polar surface area (TPSA) is 0 Å². The van der Waals surface area contributed by atoms with Crippen molar-refractivity contribution in [3.05, 3.63) is 104 Å². The lowest BCUT2D eigenvalue weighted by atomic mass is 9.88. The van der Waals surface area contributed by atoms with E-state index in [4.69, 9.17) is 11.6 Å². The van der Waals surface area contributed by atoms with Crippen LogP contribution in [0, 0.1) is 6.92 Å². The van der Waals surface area contributed by atoms with Crippen molar-refractivity contribution in [1.82, 2.24) is 0 Å². The van der Waals surface area contributed by atoms with Crippen molar-refractivity contribution in [2.75, 3.05) is 0 Å². The summed E-state index contributed by atoms with van der Waals surface area (Å²) in [6, 6.07) is 29.1. The fourth-order valence-electron chi connectivity index (χ4n) is 3.48. The smallest absolute Gasteiger partial charge is 0.0484 e. The molecule has 0 heterocycles. The van der Waals surface area contributed by atoms with Gasteiger partial charge in [-0.3, -0.25) is 0 Å². The van der Waals surface area contributed by atoms with Gasteiger partial charge < -0.3 is 0 Å². The van der Waals surface area contributed by atoms with Crippen molar-refractivity contribution in [2.45, 2.75) is 6.92 Å². The highest BCUT2D eigenvalue weighted by Crippen LogP contribution is 2.42. The average molecular weight is 513 g/mol. The molecule has 0 saturated heterocycles. The quantitative estimate of drug-likeness (QED) is 0.257. The highest BCUT2D eigenvalue weighted by Gasteiger charge is 2.16. The molecule has 0 aromatic heterocycles. The molecule has 0 aliphatic heterocycles. The van der Waals surface area contributed by atoms with Crippen molar-refractivity contribution in [1.29, 1.82) is 0 Å². The number of halogens is 3. The fraction of sp³-hybridized carbons (Fsp3) is 0.0400. The van der Waals surface area contributed by atoms with E-state index >= 15 is 0 Å². The van der Waals surface area contributed by atoms with Crippen molar-refractivity contribution in [2.24, 2.45) is 0 Å². The van der Waals surface area contributed by atoms with Gasteiger partial charge in [-0.1, -0.05) is 98.1 Å². The molecule has 0 aliphatic rings. The minimum Gasteiger partial charge on any atom is -0.0837 e. The maximum absolute atomic E-state index is 6.54. The summed E-state index contributed by atoms with van der Waals surface area (Å²) in [5.41, 5.74) is 8.09. The van der Waals surface area contributed by atoms with Crippen LogP contribution in [0.15, 0.2) is 93.9 Å². The number of benzene rings is 4. The van der Waals surface area contributed by atoms with Crippen LogP contribution in [0.25, 0.3) is 33.4 Å². The van der Waals surface area contributed by atoms with Gasteiger partial charge in [0, 0.05) is 19.5 Å². The van der Waals surface area contributed by atoms with Crippen molar-refractivity contribution >= 4 is 43.5 Å². The van der Waals surface area contributed by atoms with Crippen LogP contribution < -0.4 is 0 Å². The molecular weight excluding hydrogens is 496 g/mol. The standard InChI is InChI=1S/C25H17Br2Cl/c1-16-21(19-9-2-5-11-23(19)26)14-17(18-8-4-7-13-25(18)28)15-22(16)20-10-3-6-12-24(20)27/h2-15H,1H3. The predicted octanol–water partition coefficient (Wildman–Crippen LogP) is 9.17. The molecule has 0 N–H and O–H groups in total. The second-order valence-electron chi connectivity index (χ2n) is 6.64. The van der Waals surface area contributed by atoms with E-state index in [0.717, 1.165) is 25.1 Å². The molecule has 0 nitrogen and oxygen atoms in total. The maximum atomic E-state index is 6.54. The second-order valence-corrected chi connectivity index (χ2v) is 8.75. The lowest BCUT2D eigenvalue weighted by Gasteiger charge is -2.18. The Balaban J connectivity index is 2.06. The van der Waals surface area contributed by atoms with E-state index in [-0.39, 0.29) is 0 Å². The molecule has 0 bridgehead atoms. The molecule has 0 unspecified atom stereocenters. The Morgan fingerprint density at radius 2 is 1.00 bits per heavy atom. The van der Waals surface area contributed by atoms with Crippen LogP contribution in [0.3, 0.4) is 0 Å². The van der Waals surface area contributed by atoms with Gasteiger partial charge in [0.05, 0.1) is 0 Å². The van der Waals surface area contributed by atoms with Crippen LogP contribution >= 0.6 is 43.5 Å². The number of hydrogen-bond acceptors (Lipinski definition) is 0. The van der Waals surface area contributed by atoms with Crippen LogP contribution in [-0.4, -0.2) is 0 Å². The first-order valence-corrected chi connectivity index (χ1v) is 10.9. The monoisotopic (exact) mass is 510 g/mol. The minimum atomic E-state index is 0.752. The zero-order valence-electron chi connectivity index (χ0n) is 15.2. The highest BCUT2D eigenvalue weighted by molar-refractivity contribution is 9.11. The molecule has 138 valence electrons. The van der Waals surface area contributed by atoms with Gasteiger partial charge in [0.15, 0.2) is 0 Å². The Labute approximate surface area is 187 Å². The fourth-order valence-corrected chi connectivity index (χ4v) is 4.73. The third kappa shape index (κ3) is 3.69. The molecule has 0 amide bonds. The van der Waals surface area contributed by atoms with Crippen LogP contribution in [0.1, 0.15) is 5.56 Å². The third-order valence-electron chi connectivity index (χ3n) is 4.92. The van der Waals surface area contributed by atoms with E-state index in [0.29, 0.717) is 0 Å². The zero-order valence-corrected chi connectivity index (χ0v) is 19.1. The molecule has 0 radical (unpaired) electrons. The van der Waals surface area contributed by atoms with E-state index in [2.05, 4.69) is 93.4 Å². The summed E-state index contributed by atoms with van der Waals surface area (Å²) in [4.78, 5) is 0. The molecular formula is C25H17Br2Cl. The first kappa shape index (κ1) is 19.4. The van der Waals surface area contributed by atoms with Gasteiger partial charge in [-0.2, -0.15) is 0 Å². The lowest BCUT2D eigenvalue weighted by Crippen LogP contribution is -1.93. The first-order valence-electron chi connectivity index (χ1n) is 8.95. The van der Waals surface area contributed by atoms with Gasteiger partial charge in [-0.25, -0.2) is 0 Å². The van der Waals surface area contributed by atoms with Gasteiger partial charge in [0.1, 0.15) is 0 Å². The summed E-state index contributed by atoms with van der Waals surface area (Å²) in [5, 5.41) is 0.752. The van der Waals surface area contributed by atoms with E-state index in [1.54, 1.807) is 0 Å². The van der Waals surface area contributed by atoms with Crippen LogP contribution in [0.4, 0.5) is 0 Å². The summed E-state index contributed by atoms with van der Waals surface area (Å²) in [6.45, 7) is 2.18. The van der Waals surface area contributed by atoms with Gasteiger partial charge in [-0.15, -0.1) is 0 Å². The Kier molecular flexibility index (Phi) is 5.73. The van der Waals surface area contributed by atoms with Gasteiger partial charge >= 0.3 is 0 Å². The van der Waals surface area contributed by atoms with E-state index in [9.17, 15) is 0 Å². The molecule has 4 aromatic carbocycles. The molecule has 0 saturated carbocycles. The van der Waals surface area contributed by atoms with Crippen molar-refractivity contribution in [3.8, 4) is 33.4 Å². The SMILES string of the molecule is Cc1c(-c2ccccc2Br)cc(-c2ccccc2Cl)cc1-c1ccccc1Br. The van der Waals surface area contributed by atoms with E-state index < -0.39 is 0 Å². The van der Waals surface area contributed by atoms with Crippen LogP contribution in [0.5, 0.6) is 0 Å². The Bertz CT molecular complexity index is 1100.